The van der Waals surface area contributed by atoms with Crippen LogP contribution >= 0.6 is 11.6 Å². The Balaban J connectivity index is 1.25. The Hall–Kier alpha value is -3.75. The smallest absolute Gasteiger partial charge is 0.291 e. The summed E-state index contributed by atoms with van der Waals surface area (Å²) < 4.78 is 3.87. The number of carbonyl (C=O) groups is 2. The maximum absolute atomic E-state index is 13.4. The molecule has 1 aliphatic heterocycles. The summed E-state index contributed by atoms with van der Waals surface area (Å²) in [4.78, 5) is 38.3. The first-order chi connectivity index (χ1) is 19.7. The molecule has 0 unspecified atom stereocenters. The molecule has 0 radical (unpaired) electrons. The van der Waals surface area contributed by atoms with Gasteiger partial charge in [-0.1, -0.05) is 41.9 Å². The zero-order valence-electron chi connectivity index (χ0n) is 24.1. The van der Waals surface area contributed by atoms with E-state index in [1.165, 1.54) is 0 Å². The fourth-order valence-corrected chi connectivity index (χ4v) is 6.51. The first kappa shape index (κ1) is 27.4. The molecule has 9 heteroatoms. The van der Waals surface area contributed by atoms with Gasteiger partial charge in [0.05, 0.1) is 22.1 Å². The Morgan fingerprint density at radius 2 is 1.56 bits per heavy atom. The van der Waals surface area contributed by atoms with Crippen LogP contribution in [0.2, 0.25) is 5.02 Å². The molecule has 2 aromatic heterocycles. The van der Waals surface area contributed by atoms with Crippen molar-refractivity contribution < 1.29 is 9.59 Å². The summed E-state index contributed by atoms with van der Waals surface area (Å²) >= 11 is 6.91. The molecule has 1 aliphatic carbocycles. The second kappa shape index (κ2) is 10.9. The molecule has 8 nitrogen and oxygen atoms in total. The third-order valence-corrected chi connectivity index (χ3v) is 9.01. The zero-order chi connectivity index (χ0) is 28.8. The van der Waals surface area contributed by atoms with Gasteiger partial charge in [0.1, 0.15) is 0 Å². The lowest BCUT2D eigenvalue weighted by molar-refractivity contribution is 0.0977. The normalized spacial score (nSPS) is 15.0. The summed E-state index contributed by atoms with van der Waals surface area (Å²) in [6.07, 6.45) is 5.21. The molecule has 0 fully saturated rings. The number of hydrogen-bond acceptors (Lipinski definition) is 5. The Bertz CT molecular complexity index is 1680. The average Bonchev–Trinajstić information content (AvgIpc) is 3.47. The van der Waals surface area contributed by atoms with Crippen LogP contribution in [0.3, 0.4) is 0 Å². The number of hydrogen-bond donors (Lipinski definition) is 1. The van der Waals surface area contributed by atoms with Gasteiger partial charge in [-0.25, -0.2) is 9.97 Å². The number of anilines is 1. The quantitative estimate of drug-likeness (QED) is 0.317. The van der Waals surface area contributed by atoms with Crippen LogP contribution in [0, 0.1) is 6.92 Å². The van der Waals surface area contributed by atoms with Gasteiger partial charge in [0.15, 0.2) is 11.6 Å². The van der Waals surface area contributed by atoms with Crippen molar-refractivity contribution in [1.29, 1.82) is 0 Å². The molecule has 0 bridgehead atoms. The van der Waals surface area contributed by atoms with Crippen molar-refractivity contribution in [3.8, 4) is 11.1 Å². The molecule has 1 N–H and O–H groups in total. The van der Waals surface area contributed by atoms with Crippen LogP contribution in [0.15, 0.2) is 36.4 Å². The number of nitrogens with one attached hydrogen (secondary N) is 1. The highest BCUT2D eigenvalue weighted by Gasteiger charge is 2.25. The van der Waals surface area contributed by atoms with Crippen molar-refractivity contribution in [1.82, 2.24) is 24.0 Å². The van der Waals surface area contributed by atoms with Gasteiger partial charge in [-0.3, -0.25) is 9.59 Å². The van der Waals surface area contributed by atoms with E-state index in [1.54, 1.807) is 6.07 Å². The Labute approximate surface area is 245 Å². The number of likely N-dealkylation sites (N-methyl/N-ethyl adjacent to an activating group) is 1. The van der Waals surface area contributed by atoms with E-state index in [-0.39, 0.29) is 18.1 Å². The van der Waals surface area contributed by atoms with E-state index in [1.807, 2.05) is 60.5 Å². The van der Waals surface area contributed by atoms with Gasteiger partial charge in [-0.15, -0.1) is 0 Å². The van der Waals surface area contributed by atoms with E-state index in [0.717, 1.165) is 90.2 Å². The summed E-state index contributed by atoms with van der Waals surface area (Å²) in [5.41, 5.74) is 8.44. The van der Waals surface area contributed by atoms with E-state index >= 15 is 0 Å². The van der Waals surface area contributed by atoms with E-state index < -0.39 is 0 Å². The van der Waals surface area contributed by atoms with E-state index in [9.17, 15) is 9.59 Å². The molecule has 6 rings (SSSR count). The molecule has 2 aliphatic rings. The van der Waals surface area contributed by atoms with Gasteiger partial charge in [-0.2, -0.15) is 0 Å². The minimum Gasteiger partial charge on any atom is -0.328 e. The fraction of sp³-hybridized carbons (Fsp3) is 0.375. The number of ketones is 1. The minimum atomic E-state index is -0.277. The number of halogens is 1. The second-order valence-corrected chi connectivity index (χ2v) is 11.7. The predicted molar refractivity (Wildman–Crippen MR) is 161 cm³/mol. The zero-order valence-corrected chi connectivity index (χ0v) is 24.8. The van der Waals surface area contributed by atoms with Gasteiger partial charge in [0.2, 0.25) is 5.78 Å². The topological polar surface area (TPSA) is 85.1 Å². The standard InChI is InChI=1S/C32H35ClN6O2/c1-19-20(17-28(40)30-35-25-18-37(2)16-15-27(25)38(30)3)9-7-10-21(19)22-11-8-13-24(29(22)33)36-32(41)31-34-23-12-5-6-14-26(23)39(31)4/h7-11,13H,5-6,12,14-18H2,1-4H3,(H,36,41). The highest BCUT2D eigenvalue weighted by molar-refractivity contribution is 6.36. The van der Waals surface area contributed by atoms with Crippen LogP contribution in [0.1, 0.15) is 68.0 Å². The third kappa shape index (κ3) is 5.00. The number of imidazole rings is 2. The number of rotatable bonds is 6. The molecule has 1 amide bonds. The Morgan fingerprint density at radius 3 is 2.37 bits per heavy atom. The molecule has 0 atom stereocenters. The molecular weight excluding hydrogens is 536 g/mol. The van der Waals surface area contributed by atoms with Crippen LogP contribution in [0.4, 0.5) is 5.69 Å². The van der Waals surface area contributed by atoms with Gasteiger partial charge >= 0.3 is 0 Å². The van der Waals surface area contributed by atoms with Crippen molar-refractivity contribution in [2.45, 2.75) is 52.0 Å². The molecule has 4 aromatic rings. The molecule has 2 aromatic carbocycles. The van der Waals surface area contributed by atoms with Gasteiger partial charge in [0.25, 0.3) is 5.91 Å². The molecule has 0 spiro atoms. The highest BCUT2D eigenvalue weighted by atomic mass is 35.5. The number of amides is 1. The maximum atomic E-state index is 13.4. The van der Waals surface area contributed by atoms with E-state index in [2.05, 4.69) is 22.2 Å². The molecule has 212 valence electrons. The van der Waals surface area contributed by atoms with Crippen LogP contribution < -0.4 is 5.32 Å². The summed E-state index contributed by atoms with van der Waals surface area (Å²) in [5, 5.41) is 3.44. The average molecular weight is 571 g/mol. The molecule has 3 heterocycles. The predicted octanol–water partition coefficient (Wildman–Crippen LogP) is 5.33. The van der Waals surface area contributed by atoms with E-state index in [0.29, 0.717) is 22.4 Å². The van der Waals surface area contributed by atoms with Crippen molar-refractivity contribution in [3.63, 3.8) is 0 Å². The van der Waals surface area contributed by atoms with Crippen LogP contribution in [0.25, 0.3) is 11.1 Å². The summed E-state index contributed by atoms with van der Waals surface area (Å²) in [5.74, 6) is 0.627. The summed E-state index contributed by atoms with van der Waals surface area (Å²) in [6.45, 7) is 3.74. The van der Waals surface area contributed by atoms with Gasteiger partial charge in [-0.05, 0) is 62.4 Å². The van der Waals surface area contributed by atoms with Crippen molar-refractivity contribution in [3.05, 3.63) is 87.0 Å². The fourth-order valence-electron chi connectivity index (χ4n) is 6.23. The van der Waals surface area contributed by atoms with Crippen LogP contribution in [-0.4, -0.2) is 49.3 Å². The van der Waals surface area contributed by atoms with Gasteiger partial charge < -0.3 is 19.4 Å². The Morgan fingerprint density at radius 1 is 0.878 bits per heavy atom. The Kier molecular flexibility index (Phi) is 7.30. The van der Waals surface area contributed by atoms with Crippen molar-refractivity contribution in [2.24, 2.45) is 14.1 Å². The number of fused-ring (bicyclic) bond motifs is 2. The lowest BCUT2D eigenvalue weighted by atomic mass is 9.93. The summed E-state index contributed by atoms with van der Waals surface area (Å²) in [6, 6.07) is 11.6. The second-order valence-electron chi connectivity index (χ2n) is 11.3. The number of nitrogens with zero attached hydrogens (tertiary/aromatic N) is 5. The molecule has 0 saturated carbocycles. The number of benzene rings is 2. The minimum absolute atomic E-state index is 0.00493. The maximum Gasteiger partial charge on any atom is 0.291 e. The number of aryl methyl sites for hydroxylation is 1. The van der Waals surface area contributed by atoms with Crippen LogP contribution in [-0.2, 0) is 46.3 Å². The molecule has 41 heavy (non-hydrogen) atoms. The summed E-state index contributed by atoms with van der Waals surface area (Å²) in [7, 11) is 5.91. The monoisotopic (exact) mass is 570 g/mol. The first-order valence-electron chi connectivity index (χ1n) is 14.2. The van der Waals surface area contributed by atoms with E-state index in [4.69, 9.17) is 16.6 Å². The largest absolute Gasteiger partial charge is 0.328 e. The number of Topliss-reactive ketones (excluding diaryl/α,β-unsaturated/α-hetero) is 1. The number of aromatic nitrogens is 4. The van der Waals surface area contributed by atoms with Gasteiger partial charge in [0, 0.05) is 57.0 Å². The molecular formula is C32H35ClN6O2. The van der Waals surface area contributed by atoms with Crippen molar-refractivity contribution in [2.75, 3.05) is 18.9 Å². The SMILES string of the molecule is Cc1c(CC(=O)c2nc3c(n2C)CCN(C)C3)cccc1-c1cccc(NC(=O)c2nc3c(n2C)CCCC3)c1Cl. The first-order valence-corrected chi connectivity index (χ1v) is 14.6. The highest BCUT2D eigenvalue weighted by Crippen LogP contribution is 2.37. The van der Waals surface area contributed by atoms with Crippen LogP contribution in [0.5, 0.6) is 0 Å². The van der Waals surface area contributed by atoms with Crippen molar-refractivity contribution >= 4 is 29.0 Å². The number of carbonyl (C=O) groups excluding carboxylic acids is 2. The third-order valence-electron chi connectivity index (χ3n) is 8.61. The lowest BCUT2D eigenvalue weighted by Crippen LogP contribution is -2.27. The molecule has 0 saturated heterocycles. The lowest BCUT2D eigenvalue weighted by Gasteiger charge is -2.21.